The largest absolute Gasteiger partial charge is 0.370 e. The molecule has 0 amide bonds. The maximum atomic E-state index is 4.57. The number of nitrogens with one attached hydrogen (secondary N) is 1. The monoisotopic (exact) mass is 337 g/mol. The van der Waals surface area contributed by atoms with Gasteiger partial charge in [0.1, 0.15) is 11.6 Å². The molecule has 0 saturated heterocycles. The first-order valence-electron chi connectivity index (χ1n) is 6.90. The van der Waals surface area contributed by atoms with Crippen molar-refractivity contribution in [2.45, 2.75) is 40.5 Å². The van der Waals surface area contributed by atoms with E-state index in [-0.39, 0.29) is 0 Å². The Labute approximate surface area is 128 Å². The van der Waals surface area contributed by atoms with Gasteiger partial charge in [-0.25, -0.2) is 14.6 Å². The molecule has 2 aromatic heterocycles. The molecule has 2 rings (SSSR count). The molecule has 0 aliphatic rings. The Hall–Kier alpha value is -1.43. The molecule has 6 heteroatoms. The molecule has 0 aliphatic carbocycles. The van der Waals surface area contributed by atoms with Crippen LogP contribution in [0.3, 0.4) is 0 Å². The van der Waals surface area contributed by atoms with E-state index >= 15 is 0 Å². The molecule has 1 N–H and O–H groups in total. The SMILES string of the molecule is CCCNc1cc(-n2nc(C)c(Br)c2C)nc(CC)n1. The van der Waals surface area contributed by atoms with Gasteiger partial charge in [0.2, 0.25) is 0 Å². The third-order valence-electron chi connectivity index (χ3n) is 3.05. The summed E-state index contributed by atoms with van der Waals surface area (Å²) >= 11 is 3.55. The fourth-order valence-corrected chi connectivity index (χ4v) is 2.19. The van der Waals surface area contributed by atoms with Crippen molar-refractivity contribution in [2.24, 2.45) is 0 Å². The summed E-state index contributed by atoms with van der Waals surface area (Å²) in [6, 6.07) is 1.95. The van der Waals surface area contributed by atoms with E-state index in [1.165, 1.54) is 0 Å². The molecule has 0 aliphatic heterocycles. The van der Waals surface area contributed by atoms with E-state index in [9.17, 15) is 0 Å². The molecule has 0 saturated carbocycles. The van der Waals surface area contributed by atoms with E-state index in [0.29, 0.717) is 0 Å². The predicted octanol–water partition coefficient (Wildman–Crippen LogP) is 3.43. The molecule has 0 radical (unpaired) electrons. The van der Waals surface area contributed by atoms with Gasteiger partial charge in [-0.1, -0.05) is 13.8 Å². The quantitative estimate of drug-likeness (QED) is 0.908. The number of rotatable bonds is 5. The first kappa shape index (κ1) is 15.0. The van der Waals surface area contributed by atoms with Crippen molar-refractivity contribution >= 4 is 21.7 Å². The normalized spacial score (nSPS) is 10.8. The van der Waals surface area contributed by atoms with E-state index in [1.54, 1.807) is 0 Å². The summed E-state index contributed by atoms with van der Waals surface area (Å²) in [5, 5.41) is 7.84. The Morgan fingerprint density at radius 3 is 2.55 bits per heavy atom. The molecule has 2 aromatic rings. The molecule has 0 atom stereocenters. The molecule has 0 aromatic carbocycles. The van der Waals surface area contributed by atoms with Gasteiger partial charge in [-0.05, 0) is 36.2 Å². The molecule has 0 fully saturated rings. The van der Waals surface area contributed by atoms with E-state index in [0.717, 1.165) is 52.7 Å². The third kappa shape index (κ3) is 3.00. The lowest BCUT2D eigenvalue weighted by Crippen LogP contribution is -2.09. The average Bonchev–Trinajstić information content (AvgIpc) is 2.72. The minimum atomic E-state index is 0.801. The standard InChI is InChI=1S/C14H20BrN5/c1-5-7-16-12-8-13(18-11(6-2)17-12)20-10(4)14(15)9(3)19-20/h8H,5-7H2,1-4H3,(H,16,17,18). The first-order valence-corrected chi connectivity index (χ1v) is 7.70. The number of hydrogen-bond donors (Lipinski definition) is 1. The number of hydrogen-bond acceptors (Lipinski definition) is 4. The van der Waals surface area contributed by atoms with Gasteiger partial charge >= 0.3 is 0 Å². The zero-order valence-corrected chi connectivity index (χ0v) is 14.0. The Morgan fingerprint density at radius 2 is 2.00 bits per heavy atom. The van der Waals surface area contributed by atoms with E-state index in [1.807, 2.05) is 24.6 Å². The topological polar surface area (TPSA) is 55.6 Å². The molecule has 20 heavy (non-hydrogen) atoms. The minimum Gasteiger partial charge on any atom is -0.370 e. The molecule has 108 valence electrons. The summed E-state index contributed by atoms with van der Waals surface area (Å²) in [4.78, 5) is 9.07. The summed E-state index contributed by atoms with van der Waals surface area (Å²) in [6.45, 7) is 9.09. The van der Waals surface area contributed by atoms with Gasteiger partial charge in [0, 0.05) is 19.0 Å². The first-order chi connectivity index (χ1) is 9.56. The summed E-state index contributed by atoms with van der Waals surface area (Å²) in [5.74, 6) is 2.49. The second-order valence-corrected chi connectivity index (χ2v) is 5.50. The van der Waals surface area contributed by atoms with E-state index in [2.05, 4.69) is 50.2 Å². The molecular formula is C14H20BrN5. The Bertz CT molecular complexity index is 606. The van der Waals surface area contributed by atoms with E-state index < -0.39 is 0 Å². The molecule has 0 unspecified atom stereocenters. The predicted molar refractivity (Wildman–Crippen MR) is 84.5 cm³/mol. The lowest BCUT2D eigenvalue weighted by molar-refractivity contribution is 0.782. The van der Waals surface area contributed by atoms with Crippen LogP contribution in [0.4, 0.5) is 5.82 Å². The van der Waals surface area contributed by atoms with Crippen molar-refractivity contribution < 1.29 is 0 Å². The van der Waals surface area contributed by atoms with Crippen molar-refractivity contribution in [3.05, 3.63) is 27.8 Å². The Balaban J connectivity index is 2.46. The highest BCUT2D eigenvalue weighted by molar-refractivity contribution is 9.10. The summed E-state index contributed by atoms with van der Waals surface area (Å²) < 4.78 is 2.88. The van der Waals surface area contributed by atoms with Crippen LogP contribution in [0, 0.1) is 13.8 Å². The van der Waals surface area contributed by atoms with Crippen LogP contribution in [0.25, 0.3) is 5.82 Å². The maximum absolute atomic E-state index is 4.57. The number of aromatic nitrogens is 4. The molecule has 0 spiro atoms. The van der Waals surface area contributed by atoms with Crippen molar-refractivity contribution in [1.29, 1.82) is 0 Å². The van der Waals surface area contributed by atoms with Crippen LogP contribution in [0.2, 0.25) is 0 Å². The van der Waals surface area contributed by atoms with Gasteiger partial charge in [-0.15, -0.1) is 0 Å². The third-order valence-corrected chi connectivity index (χ3v) is 4.20. The summed E-state index contributed by atoms with van der Waals surface area (Å²) in [5.41, 5.74) is 2.01. The smallest absolute Gasteiger partial charge is 0.159 e. The van der Waals surface area contributed by atoms with E-state index in [4.69, 9.17) is 0 Å². The highest BCUT2D eigenvalue weighted by atomic mass is 79.9. The average molecular weight is 338 g/mol. The fraction of sp³-hybridized carbons (Fsp3) is 0.500. The number of anilines is 1. The zero-order chi connectivity index (χ0) is 14.7. The second kappa shape index (κ2) is 6.35. The van der Waals surface area contributed by atoms with Crippen LogP contribution in [0.1, 0.15) is 37.5 Å². The van der Waals surface area contributed by atoms with Gasteiger partial charge in [-0.2, -0.15) is 5.10 Å². The van der Waals surface area contributed by atoms with Crippen LogP contribution in [0.15, 0.2) is 10.5 Å². The van der Waals surface area contributed by atoms with Crippen molar-refractivity contribution in [3.8, 4) is 5.82 Å². The second-order valence-electron chi connectivity index (χ2n) is 4.70. The summed E-state index contributed by atoms with van der Waals surface area (Å²) in [7, 11) is 0. The highest BCUT2D eigenvalue weighted by Gasteiger charge is 2.13. The van der Waals surface area contributed by atoms with Gasteiger partial charge in [0.15, 0.2) is 5.82 Å². The van der Waals surface area contributed by atoms with Gasteiger partial charge in [0.05, 0.1) is 15.9 Å². The van der Waals surface area contributed by atoms with Crippen LogP contribution in [-0.4, -0.2) is 26.3 Å². The van der Waals surface area contributed by atoms with Crippen molar-refractivity contribution in [1.82, 2.24) is 19.7 Å². The van der Waals surface area contributed by atoms with Crippen LogP contribution >= 0.6 is 15.9 Å². The van der Waals surface area contributed by atoms with Crippen LogP contribution in [0.5, 0.6) is 0 Å². The number of nitrogens with zero attached hydrogens (tertiary/aromatic N) is 4. The molecule has 2 heterocycles. The van der Waals surface area contributed by atoms with Crippen LogP contribution in [-0.2, 0) is 6.42 Å². The minimum absolute atomic E-state index is 0.801. The Kier molecular flexibility index (Phi) is 4.75. The number of aryl methyl sites for hydroxylation is 2. The van der Waals surface area contributed by atoms with Gasteiger partial charge < -0.3 is 5.32 Å². The lowest BCUT2D eigenvalue weighted by atomic mass is 10.4. The lowest BCUT2D eigenvalue weighted by Gasteiger charge is -2.09. The van der Waals surface area contributed by atoms with Crippen LogP contribution < -0.4 is 5.32 Å². The van der Waals surface area contributed by atoms with Gasteiger partial charge in [0.25, 0.3) is 0 Å². The van der Waals surface area contributed by atoms with Gasteiger partial charge in [-0.3, -0.25) is 0 Å². The molecule has 5 nitrogen and oxygen atoms in total. The summed E-state index contributed by atoms with van der Waals surface area (Å²) in [6.07, 6.45) is 1.86. The molecular weight excluding hydrogens is 318 g/mol. The zero-order valence-electron chi connectivity index (χ0n) is 12.4. The van der Waals surface area contributed by atoms with Crippen molar-refractivity contribution in [2.75, 3.05) is 11.9 Å². The number of halogens is 1. The highest BCUT2D eigenvalue weighted by Crippen LogP contribution is 2.23. The fourth-order valence-electron chi connectivity index (χ4n) is 1.94. The maximum Gasteiger partial charge on any atom is 0.159 e. The Morgan fingerprint density at radius 1 is 1.25 bits per heavy atom. The van der Waals surface area contributed by atoms with Crippen molar-refractivity contribution in [3.63, 3.8) is 0 Å². The molecule has 0 bridgehead atoms.